The molecule has 1 aliphatic carbocycles. The molecule has 1 atom stereocenters. The van der Waals surface area contributed by atoms with Crippen molar-refractivity contribution >= 4 is 5.91 Å². The number of hydrogen-bond donors (Lipinski definition) is 2. The Hall–Kier alpha value is -1.39. The number of methoxy groups -OCH3 is 1. The van der Waals surface area contributed by atoms with Crippen LogP contribution in [-0.4, -0.2) is 30.3 Å². The van der Waals surface area contributed by atoms with Crippen molar-refractivity contribution in [3.63, 3.8) is 0 Å². The molecule has 4 nitrogen and oxygen atoms in total. The quantitative estimate of drug-likeness (QED) is 0.870. The summed E-state index contributed by atoms with van der Waals surface area (Å²) < 4.78 is 5.30. The second kappa shape index (κ2) is 6.68. The maximum absolute atomic E-state index is 12.2. The first-order valence-electron chi connectivity index (χ1n) is 6.77. The van der Waals surface area contributed by atoms with E-state index < -0.39 is 6.10 Å². The van der Waals surface area contributed by atoms with Gasteiger partial charge in [0.25, 0.3) is 5.91 Å². The standard InChI is InChI=1S/C15H21NO3/c1-19-14(11-5-3-2-4-6-11)15(18)16-12-7-9-13(17)10-8-12/h2-6,12-14,17H,7-10H2,1H3,(H,16,18)/t12?,13?,14-/m1/s1. The molecule has 1 saturated carbocycles. The first kappa shape index (κ1) is 14.0. The third-order valence-electron chi connectivity index (χ3n) is 3.62. The van der Waals surface area contributed by atoms with Crippen molar-refractivity contribution in [3.8, 4) is 0 Å². The van der Waals surface area contributed by atoms with Crippen LogP contribution in [0.5, 0.6) is 0 Å². The molecule has 2 rings (SSSR count). The van der Waals surface area contributed by atoms with E-state index in [0.717, 1.165) is 31.2 Å². The molecule has 104 valence electrons. The van der Waals surface area contributed by atoms with Crippen LogP contribution in [0.4, 0.5) is 0 Å². The van der Waals surface area contributed by atoms with Crippen LogP contribution < -0.4 is 5.32 Å². The van der Waals surface area contributed by atoms with Gasteiger partial charge in [0, 0.05) is 13.2 Å². The van der Waals surface area contributed by atoms with E-state index in [1.165, 1.54) is 0 Å². The first-order valence-corrected chi connectivity index (χ1v) is 6.77. The van der Waals surface area contributed by atoms with Crippen LogP contribution in [0, 0.1) is 0 Å². The van der Waals surface area contributed by atoms with Crippen molar-refractivity contribution in [2.45, 2.75) is 43.9 Å². The Bertz CT molecular complexity index is 399. The fourth-order valence-corrected chi connectivity index (χ4v) is 2.52. The molecule has 1 aromatic carbocycles. The molecule has 1 aliphatic rings. The molecule has 0 radical (unpaired) electrons. The van der Waals surface area contributed by atoms with E-state index in [1.807, 2.05) is 30.3 Å². The van der Waals surface area contributed by atoms with Gasteiger partial charge in [0.2, 0.25) is 0 Å². The summed E-state index contributed by atoms with van der Waals surface area (Å²) in [6.07, 6.45) is 2.41. The lowest BCUT2D eigenvalue weighted by Gasteiger charge is -2.27. The minimum Gasteiger partial charge on any atom is -0.393 e. The number of carbonyl (C=O) groups is 1. The van der Waals surface area contributed by atoms with Crippen LogP contribution in [-0.2, 0) is 9.53 Å². The summed E-state index contributed by atoms with van der Waals surface area (Å²) in [5, 5.41) is 12.5. The van der Waals surface area contributed by atoms with Gasteiger partial charge < -0.3 is 15.2 Å². The average Bonchev–Trinajstić information content (AvgIpc) is 2.43. The first-order chi connectivity index (χ1) is 9.20. The highest BCUT2D eigenvalue weighted by atomic mass is 16.5. The van der Waals surface area contributed by atoms with Crippen molar-refractivity contribution < 1.29 is 14.6 Å². The molecular weight excluding hydrogens is 242 g/mol. The van der Waals surface area contributed by atoms with Crippen molar-refractivity contribution in [1.82, 2.24) is 5.32 Å². The van der Waals surface area contributed by atoms with E-state index in [-0.39, 0.29) is 18.1 Å². The Morgan fingerprint density at radius 3 is 2.47 bits per heavy atom. The molecule has 1 aromatic rings. The van der Waals surface area contributed by atoms with Crippen molar-refractivity contribution in [2.75, 3.05) is 7.11 Å². The van der Waals surface area contributed by atoms with Crippen LogP contribution in [0.1, 0.15) is 37.4 Å². The number of aliphatic hydroxyl groups is 1. The van der Waals surface area contributed by atoms with E-state index in [2.05, 4.69) is 5.32 Å². The Balaban J connectivity index is 1.94. The number of nitrogens with one attached hydrogen (secondary N) is 1. The Morgan fingerprint density at radius 1 is 1.26 bits per heavy atom. The zero-order valence-corrected chi connectivity index (χ0v) is 11.2. The zero-order chi connectivity index (χ0) is 13.7. The van der Waals surface area contributed by atoms with Gasteiger partial charge in [-0.05, 0) is 31.2 Å². The minimum absolute atomic E-state index is 0.102. The summed E-state index contributed by atoms with van der Waals surface area (Å²) in [5.41, 5.74) is 0.860. The van der Waals surface area contributed by atoms with Gasteiger partial charge in [-0.25, -0.2) is 0 Å². The summed E-state index contributed by atoms with van der Waals surface area (Å²) in [4.78, 5) is 12.2. The van der Waals surface area contributed by atoms with Crippen LogP contribution in [0.15, 0.2) is 30.3 Å². The summed E-state index contributed by atoms with van der Waals surface area (Å²) in [6, 6.07) is 9.63. The zero-order valence-electron chi connectivity index (χ0n) is 11.2. The molecule has 1 fully saturated rings. The molecular formula is C15H21NO3. The number of aliphatic hydroxyl groups excluding tert-OH is 1. The topological polar surface area (TPSA) is 58.6 Å². The van der Waals surface area contributed by atoms with Gasteiger partial charge >= 0.3 is 0 Å². The third kappa shape index (κ3) is 3.78. The third-order valence-corrected chi connectivity index (χ3v) is 3.62. The van der Waals surface area contributed by atoms with E-state index in [1.54, 1.807) is 7.11 Å². The average molecular weight is 263 g/mol. The van der Waals surface area contributed by atoms with E-state index in [9.17, 15) is 9.90 Å². The van der Waals surface area contributed by atoms with Gasteiger partial charge in [-0.15, -0.1) is 0 Å². The summed E-state index contributed by atoms with van der Waals surface area (Å²) in [7, 11) is 1.54. The normalized spacial score (nSPS) is 24.7. The number of hydrogen-bond acceptors (Lipinski definition) is 3. The Kier molecular flexibility index (Phi) is 4.93. The molecule has 0 bridgehead atoms. The fourth-order valence-electron chi connectivity index (χ4n) is 2.52. The molecule has 0 heterocycles. The molecule has 0 aromatic heterocycles. The van der Waals surface area contributed by atoms with E-state index >= 15 is 0 Å². The van der Waals surface area contributed by atoms with Gasteiger partial charge in [-0.2, -0.15) is 0 Å². The second-order valence-electron chi connectivity index (χ2n) is 5.04. The van der Waals surface area contributed by atoms with Crippen molar-refractivity contribution in [3.05, 3.63) is 35.9 Å². The summed E-state index contributed by atoms with van der Waals surface area (Å²) in [6.45, 7) is 0. The largest absolute Gasteiger partial charge is 0.393 e. The van der Waals surface area contributed by atoms with Gasteiger partial charge in [-0.1, -0.05) is 30.3 Å². The van der Waals surface area contributed by atoms with Crippen LogP contribution in [0.3, 0.4) is 0 Å². The molecule has 2 N–H and O–H groups in total. The molecule has 19 heavy (non-hydrogen) atoms. The predicted molar refractivity (Wildman–Crippen MR) is 72.6 cm³/mol. The lowest BCUT2D eigenvalue weighted by atomic mass is 9.93. The number of benzene rings is 1. The Morgan fingerprint density at radius 2 is 1.89 bits per heavy atom. The SMILES string of the molecule is CO[C@@H](C(=O)NC1CCC(O)CC1)c1ccccc1. The van der Waals surface area contributed by atoms with Gasteiger partial charge in [0.05, 0.1) is 6.10 Å². The summed E-state index contributed by atoms with van der Waals surface area (Å²) in [5.74, 6) is -0.102. The maximum atomic E-state index is 12.2. The number of carbonyl (C=O) groups excluding carboxylic acids is 1. The van der Waals surface area contributed by atoms with Gasteiger partial charge in [-0.3, -0.25) is 4.79 Å². The van der Waals surface area contributed by atoms with E-state index in [4.69, 9.17) is 4.74 Å². The molecule has 0 aliphatic heterocycles. The lowest BCUT2D eigenvalue weighted by molar-refractivity contribution is -0.132. The van der Waals surface area contributed by atoms with E-state index in [0.29, 0.717) is 0 Å². The predicted octanol–water partition coefficient (Wildman–Crippen LogP) is 1.79. The Labute approximate surface area is 113 Å². The maximum Gasteiger partial charge on any atom is 0.253 e. The number of amides is 1. The van der Waals surface area contributed by atoms with Gasteiger partial charge in [0.15, 0.2) is 6.10 Å². The van der Waals surface area contributed by atoms with Crippen LogP contribution in [0.25, 0.3) is 0 Å². The molecule has 4 heteroatoms. The summed E-state index contributed by atoms with van der Waals surface area (Å²) >= 11 is 0. The highest BCUT2D eigenvalue weighted by Crippen LogP contribution is 2.21. The second-order valence-corrected chi connectivity index (χ2v) is 5.04. The number of rotatable bonds is 4. The molecule has 1 amide bonds. The lowest BCUT2D eigenvalue weighted by Crippen LogP contribution is -2.41. The monoisotopic (exact) mass is 263 g/mol. The number of ether oxygens (including phenoxy) is 1. The molecule has 0 unspecified atom stereocenters. The van der Waals surface area contributed by atoms with Crippen LogP contribution >= 0.6 is 0 Å². The highest BCUT2D eigenvalue weighted by Gasteiger charge is 2.25. The highest BCUT2D eigenvalue weighted by molar-refractivity contribution is 5.82. The smallest absolute Gasteiger partial charge is 0.253 e. The van der Waals surface area contributed by atoms with Crippen LogP contribution in [0.2, 0.25) is 0 Å². The fraction of sp³-hybridized carbons (Fsp3) is 0.533. The van der Waals surface area contributed by atoms with Crippen molar-refractivity contribution in [2.24, 2.45) is 0 Å². The molecule has 0 spiro atoms. The van der Waals surface area contributed by atoms with Crippen molar-refractivity contribution in [1.29, 1.82) is 0 Å². The van der Waals surface area contributed by atoms with Gasteiger partial charge in [0.1, 0.15) is 0 Å². The minimum atomic E-state index is -0.562. The molecule has 0 saturated heterocycles.